The first-order chi connectivity index (χ1) is 2.00. The van der Waals surface area contributed by atoms with Gasteiger partial charge in [-0.15, -0.1) is 0 Å². The van der Waals surface area contributed by atoms with Gasteiger partial charge in [0.15, 0.2) is 17.4 Å². The number of rotatable bonds is 0. The first kappa shape index (κ1) is 22.9. The van der Waals surface area contributed by atoms with Crippen molar-refractivity contribution in [2.75, 3.05) is 0 Å². The van der Waals surface area contributed by atoms with Crippen LogP contribution in [0.1, 0.15) is 0 Å². The van der Waals surface area contributed by atoms with Crippen LogP contribution in [0.4, 0.5) is 0 Å². The minimum atomic E-state index is -4.64. The summed E-state index contributed by atoms with van der Waals surface area (Å²) in [6, 6.07) is 0. The maximum absolute atomic E-state index is 8.88. The fraction of sp³-hybridized carbons (Fsp3) is 0. The van der Waals surface area contributed by atoms with Crippen molar-refractivity contribution in [2.45, 2.75) is 0 Å². The van der Waals surface area contributed by atoms with Gasteiger partial charge in [0, 0.05) is 25.5 Å². The van der Waals surface area contributed by atoms with Crippen LogP contribution in [0.5, 0.6) is 0 Å². The van der Waals surface area contributed by atoms with E-state index in [0.29, 0.717) is 0 Å². The second kappa shape index (κ2) is 8.23. The van der Waals surface area contributed by atoms with Crippen molar-refractivity contribution in [3.05, 3.63) is 0 Å². The van der Waals surface area contributed by atoms with E-state index in [2.05, 4.69) is 0 Å². The van der Waals surface area contributed by atoms with Gasteiger partial charge in [0.05, 0.1) is 0 Å². The molecule has 0 fully saturated rings. The SMILES string of the molecule is O=P(O)(O)O.[AlH3].[B].[Fe]. The Morgan fingerprint density at radius 3 is 1.12 bits per heavy atom. The number of phosphoric acid groups is 1. The average Bonchev–Trinajstić information content (AvgIpc) is 0.722. The molecule has 0 saturated carbocycles. The molecule has 0 rings (SSSR count). The maximum Gasteiger partial charge on any atom is 0.466 e. The summed E-state index contributed by atoms with van der Waals surface area (Å²) in [4.78, 5) is 21.6. The zero-order chi connectivity index (χ0) is 4.50. The zero-order valence-corrected chi connectivity index (χ0v) is 5.13. The monoisotopic (exact) mass is 195 g/mol. The molecule has 8 heteroatoms. The van der Waals surface area contributed by atoms with E-state index in [4.69, 9.17) is 19.2 Å². The number of hydrogen-bond acceptors (Lipinski definition) is 1. The molecule has 0 unspecified atom stereocenters. The van der Waals surface area contributed by atoms with E-state index in [1.165, 1.54) is 0 Å². The van der Waals surface area contributed by atoms with Crippen molar-refractivity contribution < 1.29 is 36.3 Å². The van der Waals surface area contributed by atoms with E-state index < -0.39 is 7.82 Å². The summed E-state index contributed by atoms with van der Waals surface area (Å²) in [6.07, 6.45) is 0. The van der Waals surface area contributed by atoms with E-state index in [9.17, 15) is 0 Å². The molecule has 0 aromatic carbocycles. The molecule has 0 aliphatic rings. The van der Waals surface area contributed by atoms with E-state index in [-0.39, 0.29) is 42.8 Å². The summed E-state index contributed by atoms with van der Waals surface area (Å²) in [5.41, 5.74) is 0. The van der Waals surface area contributed by atoms with Crippen molar-refractivity contribution in [2.24, 2.45) is 0 Å². The van der Waals surface area contributed by atoms with Crippen molar-refractivity contribution in [1.29, 1.82) is 0 Å². The second-order valence-electron chi connectivity index (χ2n) is 0.513. The van der Waals surface area contributed by atoms with Crippen molar-refractivity contribution in [1.82, 2.24) is 0 Å². The zero-order valence-electron chi connectivity index (χ0n) is 3.13. The van der Waals surface area contributed by atoms with Gasteiger partial charge in [-0.2, -0.15) is 0 Å². The molecule has 3 N–H and O–H groups in total. The quantitative estimate of drug-likeness (QED) is 0.295. The minimum absolute atomic E-state index is 0. The van der Waals surface area contributed by atoms with Crippen LogP contribution in [0.3, 0.4) is 0 Å². The Morgan fingerprint density at radius 2 is 1.12 bits per heavy atom. The van der Waals surface area contributed by atoms with Crippen LogP contribution in [0, 0.1) is 0 Å². The molecular formula is H6AlBFeO4P. The predicted molar refractivity (Wildman–Crippen MR) is 30.0 cm³/mol. The summed E-state index contributed by atoms with van der Waals surface area (Å²) in [5, 5.41) is 0. The summed E-state index contributed by atoms with van der Waals surface area (Å²) in [7, 11) is -4.64. The minimum Gasteiger partial charge on any atom is -0.303 e. The van der Waals surface area contributed by atoms with Crippen LogP contribution in [0.2, 0.25) is 0 Å². The molecule has 0 aromatic heterocycles. The summed E-state index contributed by atoms with van der Waals surface area (Å²) in [5.74, 6) is 0. The van der Waals surface area contributed by atoms with Gasteiger partial charge in [0.25, 0.3) is 0 Å². The Kier molecular flexibility index (Phi) is 23.5. The second-order valence-corrected chi connectivity index (χ2v) is 1.54. The van der Waals surface area contributed by atoms with Crippen LogP contribution in [0.15, 0.2) is 0 Å². The Hall–Kier alpha value is 1.23. The van der Waals surface area contributed by atoms with E-state index in [1.54, 1.807) is 0 Å². The van der Waals surface area contributed by atoms with Crippen molar-refractivity contribution in [3.63, 3.8) is 0 Å². The molecule has 0 amide bonds. The molecule has 0 aliphatic carbocycles. The van der Waals surface area contributed by atoms with E-state index in [1.807, 2.05) is 0 Å². The normalized spacial score (nSPS) is 7.38. The van der Waals surface area contributed by atoms with Gasteiger partial charge in [-0.3, -0.25) is 0 Å². The Morgan fingerprint density at radius 1 is 1.12 bits per heavy atom. The molecule has 0 aliphatic heterocycles. The Balaban J connectivity index is -0.0000000267. The van der Waals surface area contributed by atoms with Crippen LogP contribution in [-0.4, -0.2) is 40.5 Å². The standard InChI is InChI=1S/Al.B.Fe.H3O4P.3H/c;;;1-5(2,3)4;;;/h;;;(H3,1,2,3,4);;;. The van der Waals surface area contributed by atoms with Gasteiger partial charge in [-0.25, -0.2) is 4.57 Å². The molecular weight excluding hydrogens is 189 g/mol. The molecule has 3 radical (unpaired) electrons. The smallest absolute Gasteiger partial charge is 0.303 e. The Bertz CT molecular complexity index is 62.2. The molecule has 0 spiro atoms. The van der Waals surface area contributed by atoms with Crippen molar-refractivity contribution >= 4 is 33.6 Å². The molecule has 8 heavy (non-hydrogen) atoms. The van der Waals surface area contributed by atoms with Crippen LogP contribution >= 0.6 is 7.82 Å². The van der Waals surface area contributed by atoms with Crippen LogP contribution < -0.4 is 0 Å². The molecule has 0 atom stereocenters. The topological polar surface area (TPSA) is 77.8 Å². The van der Waals surface area contributed by atoms with E-state index in [0.717, 1.165) is 0 Å². The van der Waals surface area contributed by atoms with Gasteiger partial charge < -0.3 is 14.7 Å². The summed E-state index contributed by atoms with van der Waals surface area (Å²) < 4.78 is 8.88. The fourth-order valence-electron chi connectivity index (χ4n) is 0. The third-order valence-corrected chi connectivity index (χ3v) is 0. The maximum atomic E-state index is 8.88. The van der Waals surface area contributed by atoms with Gasteiger partial charge in [-0.1, -0.05) is 0 Å². The van der Waals surface area contributed by atoms with Gasteiger partial charge in [0.1, 0.15) is 0 Å². The number of hydrogen-bond donors (Lipinski definition) is 3. The van der Waals surface area contributed by atoms with E-state index >= 15 is 0 Å². The molecule has 0 aromatic rings. The van der Waals surface area contributed by atoms with Gasteiger partial charge in [0.2, 0.25) is 0 Å². The predicted octanol–water partition coefficient (Wildman–Crippen LogP) is -2.50. The first-order valence-electron chi connectivity index (χ1n) is 0.783. The molecule has 0 saturated heterocycles. The van der Waals surface area contributed by atoms with Crippen LogP contribution in [-0.2, 0) is 21.6 Å². The van der Waals surface area contributed by atoms with Crippen molar-refractivity contribution in [3.8, 4) is 0 Å². The summed E-state index contributed by atoms with van der Waals surface area (Å²) in [6.45, 7) is 0. The molecule has 49 valence electrons. The van der Waals surface area contributed by atoms with Crippen LogP contribution in [0.25, 0.3) is 0 Å². The summed E-state index contributed by atoms with van der Waals surface area (Å²) >= 11 is 0. The molecule has 0 heterocycles. The van der Waals surface area contributed by atoms with Gasteiger partial charge >= 0.3 is 7.82 Å². The molecule has 0 bridgehead atoms. The largest absolute Gasteiger partial charge is 0.466 e. The fourth-order valence-corrected chi connectivity index (χ4v) is 0. The third-order valence-electron chi connectivity index (χ3n) is 0. The van der Waals surface area contributed by atoms with Gasteiger partial charge in [-0.05, 0) is 0 Å². The Labute approximate surface area is 70.1 Å². The average molecular weight is 195 g/mol. The third kappa shape index (κ3) is 186. The first-order valence-corrected chi connectivity index (χ1v) is 2.35. The molecule has 4 nitrogen and oxygen atoms in total.